The highest BCUT2D eigenvalue weighted by molar-refractivity contribution is 5.74. The maximum absolute atomic E-state index is 10.4. The summed E-state index contributed by atoms with van der Waals surface area (Å²) in [6, 6.07) is 0. The van der Waals surface area contributed by atoms with Gasteiger partial charge in [0.2, 0.25) is 5.91 Å². The summed E-state index contributed by atoms with van der Waals surface area (Å²) < 4.78 is 0. The fourth-order valence-electron chi connectivity index (χ4n) is 0.909. The Morgan fingerprint density at radius 3 is 2.77 bits per heavy atom. The molecule has 13 heavy (non-hydrogen) atoms. The first-order valence-corrected chi connectivity index (χ1v) is 4.41. The van der Waals surface area contributed by atoms with Crippen molar-refractivity contribution >= 4 is 5.91 Å². The van der Waals surface area contributed by atoms with Gasteiger partial charge >= 0.3 is 0 Å². The first kappa shape index (κ1) is 11.9. The lowest BCUT2D eigenvalue weighted by molar-refractivity contribution is -0.119. The van der Waals surface area contributed by atoms with Crippen molar-refractivity contribution in [2.24, 2.45) is 5.73 Å². The van der Waals surface area contributed by atoms with E-state index in [1.165, 1.54) is 0 Å². The van der Waals surface area contributed by atoms with E-state index in [2.05, 4.69) is 0 Å². The number of nitrogens with two attached hydrogens (primary N) is 1. The van der Waals surface area contributed by atoms with E-state index in [-0.39, 0.29) is 6.42 Å². The third kappa shape index (κ3) is 8.82. The van der Waals surface area contributed by atoms with E-state index in [9.17, 15) is 9.90 Å². The van der Waals surface area contributed by atoms with Gasteiger partial charge in [-0.3, -0.25) is 4.79 Å². The molecule has 0 aromatic carbocycles. The van der Waals surface area contributed by atoms with Crippen molar-refractivity contribution in [1.82, 2.24) is 0 Å². The van der Waals surface area contributed by atoms with Gasteiger partial charge in [-0.2, -0.15) is 0 Å². The van der Waals surface area contributed by atoms with Crippen LogP contribution in [0.15, 0.2) is 24.3 Å². The molecule has 0 spiro atoms. The van der Waals surface area contributed by atoms with Crippen molar-refractivity contribution in [3.05, 3.63) is 24.3 Å². The van der Waals surface area contributed by atoms with Gasteiger partial charge in [-0.05, 0) is 19.8 Å². The number of carbonyl (C=O) groups excluding carboxylic acids is 1. The molecule has 0 aliphatic rings. The van der Waals surface area contributed by atoms with E-state index in [0.29, 0.717) is 6.42 Å². The first-order valence-electron chi connectivity index (χ1n) is 4.41. The van der Waals surface area contributed by atoms with Crippen LogP contribution in [-0.4, -0.2) is 17.1 Å². The lowest BCUT2D eigenvalue weighted by atomic mass is 10.1. The molecule has 0 radical (unpaired) electrons. The minimum absolute atomic E-state index is 0.0530. The Labute approximate surface area is 78.9 Å². The summed E-state index contributed by atoms with van der Waals surface area (Å²) in [5.74, 6) is -0.454. The van der Waals surface area contributed by atoms with Crippen molar-refractivity contribution in [1.29, 1.82) is 0 Å². The van der Waals surface area contributed by atoms with Crippen molar-refractivity contribution in [3.63, 3.8) is 0 Å². The number of aliphatic hydroxyl groups is 1. The number of hydrogen-bond acceptors (Lipinski definition) is 2. The quantitative estimate of drug-likeness (QED) is 0.606. The molecule has 0 aromatic heterocycles. The minimum Gasteiger partial charge on any atom is -0.393 e. The van der Waals surface area contributed by atoms with Gasteiger partial charge in [0.05, 0.1) is 12.5 Å². The summed E-state index contributed by atoms with van der Waals surface area (Å²) >= 11 is 0. The Balaban J connectivity index is 3.47. The van der Waals surface area contributed by atoms with Crippen LogP contribution in [0.25, 0.3) is 0 Å². The Morgan fingerprint density at radius 1 is 1.54 bits per heavy atom. The van der Waals surface area contributed by atoms with Gasteiger partial charge in [0, 0.05) is 0 Å². The molecule has 3 N–H and O–H groups in total. The van der Waals surface area contributed by atoms with E-state index < -0.39 is 12.0 Å². The molecule has 3 nitrogen and oxygen atoms in total. The zero-order valence-corrected chi connectivity index (χ0v) is 7.94. The number of rotatable bonds is 6. The highest BCUT2D eigenvalue weighted by Crippen LogP contribution is 2.01. The maximum Gasteiger partial charge on any atom is 0.220 e. The average molecular weight is 183 g/mol. The molecular formula is C10H17NO2. The van der Waals surface area contributed by atoms with Crippen molar-refractivity contribution in [3.8, 4) is 0 Å². The number of allylic oxidation sites excluding steroid dienone is 4. The summed E-state index contributed by atoms with van der Waals surface area (Å²) in [4.78, 5) is 10.4. The van der Waals surface area contributed by atoms with E-state index in [0.717, 1.165) is 6.42 Å². The van der Waals surface area contributed by atoms with Crippen LogP contribution >= 0.6 is 0 Å². The highest BCUT2D eigenvalue weighted by atomic mass is 16.3. The van der Waals surface area contributed by atoms with Crippen LogP contribution in [0.3, 0.4) is 0 Å². The van der Waals surface area contributed by atoms with Gasteiger partial charge in [-0.25, -0.2) is 0 Å². The second-order valence-corrected chi connectivity index (χ2v) is 2.86. The van der Waals surface area contributed by atoms with Crippen LogP contribution in [-0.2, 0) is 4.79 Å². The fourth-order valence-corrected chi connectivity index (χ4v) is 0.909. The third-order valence-electron chi connectivity index (χ3n) is 1.54. The zero-order chi connectivity index (χ0) is 10.1. The Hall–Kier alpha value is -1.09. The van der Waals surface area contributed by atoms with Gasteiger partial charge < -0.3 is 10.8 Å². The van der Waals surface area contributed by atoms with Crippen LogP contribution < -0.4 is 5.73 Å². The zero-order valence-electron chi connectivity index (χ0n) is 7.94. The van der Waals surface area contributed by atoms with Crippen LogP contribution in [0, 0.1) is 0 Å². The average Bonchev–Trinajstić information content (AvgIpc) is 2.02. The Morgan fingerprint density at radius 2 is 2.23 bits per heavy atom. The summed E-state index contributed by atoms with van der Waals surface area (Å²) in [6.45, 7) is 1.94. The molecule has 0 aliphatic carbocycles. The summed E-state index contributed by atoms with van der Waals surface area (Å²) in [6.07, 6.45) is 8.50. The Bertz CT molecular complexity index is 197. The summed E-state index contributed by atoms with van der Waals surface area (Å²) in [5, 5.41) is 9.22. The van der Waals surface area contributed by atoms with E-state index in [1.807, 2.05) is 31.2 Å². The van der Waals surface area contributed by atoms with Crippen molar-refractivity contribution < 1.29 is 9.90 Å². The van der Waals surface area contributed by atoms with Crippen LogP contribution in [0.1, 0.15) is 26.2 Å². The molecule has 1 atom stereocenters. The van der Waals surface area contributed by atoms with Crippen LogP contribution in [0.4, 0.5) is 0 Å². The molecule has 0 aromatic rings. The Kier molecular flexibility index (Phi) is 6.92. The number of aliphatic hydroxyl groups excluding tert-OH is 1. The van der Waals surface area contributed by atoms with E-state index in [1.54, 1.807) is 0 Å². The number of hydrogen-bond donors (Lipinski definition) is 2. The van der Waals surface area contributed by atoms with Gasteiger partial charge in [0.1, 0.15) is 0 Å². The number of primary amides is 1. The lowest BCUT2D eigenvalue weighted by Crippen LogP contribution is -2.19. The number of carbonyl (C=O) groups is 1. The van der Waals surface area contributed by atoms with Crippen molar-refractivity contribution in [2.75, 3.05) is 0 Å². The first-order chi connectivity index (χ1) is 6.16. The van der Waals surface area contributed by atoms with E-state index in [4.69, 9.17) is 5.73 Å². The highest BCUT2D eigenvalue weighted by Gasteiger charge is 2.05. The molecule has 1 unspecified atom stereocenters. The van der Waals surface area contributed by atoms with Crippen LogP contribution in [0.5, 0.6) is 0 Å². The molecule has 3 heteroatoms. The van der Waals surface area contributed by atoms with Gasteiger partial charge in [-0.15, -0.1) is 0 Å². The van der Waals surface area contributed by atoms with Gasteiger partial charge in [0.15, 0.2) is 0 Å². The fraction of sp³-hybridized carbons (Fsp3) is 0.500. The van der Waals surface area contributed by atoms with Crippen LogP contribution in [0.2, 0.25) is 0 Å². The molecule has 0 bridgehead atoms. The second-order valence-electron chi connectivity index (χ2n) is 2.86. The largest absolute Gasteiger partial charge is 0.393 e. The van der Waals surface area contributed by atoms with Crippen molar-refractivity contribution in [2.45, 2.75) is 32.3 Å². The minimum atomic E-state index is -0.604. The standard InChI is InChI=1S/C10H17NO2/c1-2-3-4-5-6-7-9(12)8-10(11)13/h2-5,9,12H,6-8H2,1H3,(H2,11,13)/b3-2+,5-4+. The van der Waals surface area contributed by atoms with E-state index >= 15 is 0 Å². The summed E-state index contributed by atoms with van der Waals surface area (Å²) in [7, 11) is 0. The normalized spacial score (nSPS) is 14.0. The second kappa shape index (κ2) is 7.55. The predicted octanol–water partition coefficient (Wildman–Crippen LogP) is 1.14. The smallest absolute Gasteiger partial charge is 0.220 e. The summed E-state index contributed by atoms with van der Waals surface area (Å²) in [5.41, 5.74) is 4.92. The molecule has 0 saturated heterocycles. The molecule has 0 saturated carbocycles. The number of amides is 1. The molecule has 0 aliphatic heterocycles. The monoisotopic (exact) mass is 183 g/mol. The lowest BCUT2D eigenvalue weighted by Gasteiger charge is -2.04. The molecule has 74 valence electrons. The predicted molar refractivity (Wildman–Crippen MR) is 53.0 cm³/mol. The molecular weight excluding hydrogens is 166 g/mol. The van der Waals surface area contributed by atoms with Gasteiger partial charge in [0.25, 0.3) is 0 Å². The topological polar surface area (TPSA) is 63.3 Å². The van der Waals surface area contributed by atoms with Gasteiger partial charge in [-0.1, -0.05) is 24.3 Å². The third-order valence-corrected chi connectivity index (χ3v) is 1.54. The maximum atomic E-state index is 10.4. The molecule has 0 fully saturated rings. The molecule has 0 rings (SSSR count). The SMILES string of the molecule is C/C=C/C=C/CCC(O)CC(N)=O. The molecule has 0 heterocycles. The molecule has 1 amide bonds.